The van der Waals surface area contributed by atoms with E-state index < -0.39 is 0 Å². The number of rotatable bonds is 4. The Morgan fingerprint density at radius 3 is 2.55 bits per heavy atom. The van der Waals surface area contributed by atoms with Gasteiger partial charge in [-0.2, -0.15) is 0 Å². The van der Waals surface area contributed by atoms with Gasteiger partial charge in [-0.25, -0.2) is 0 Å². The van der Waals surface area contributed by atoms with Crippen LogP contribution in [0.25, 0.3) is 0 Å². The number of carbonyl (C=O) groups excluding carboxylic acids is 2. The number of nitrogens with zero attached hydrogens (tertiary/aromatic N) is 2. The summed E-state index contributed by atoms with van der Waals surface area (Å²) in [6.45, 7) is 3.51. The Balaban J connectivity index is 1.50. The monoisotopic (exact) mass is 395 g/mol. The number of nitrogens with one attached hydrogen (secondary N) is 1. The van der Waals surface area contributed by atoms with Crippen LogP contribution >= 0.6 is 0 Å². The molecule has 2 aliphatic heterocycles. The number of likely N-dealkylation sites (tertiary alicyclic amines) is 1. The van der Waals surface area contributed by atoms with Gasteiger partial charge >= 0.3 is 0 Å². The predicted molar refractivity (Wildman–Crippen MR) is 109 cm³/mol. The minimum Gasteiger partial charge on any atom is -0.497 e. The molecule has 2 bridgehead atoms. The first-order valence-corrected chi connectivity index (χ1v) is 9.86. The highest BCUT2D eigenvalue weighted by atomic mass is 16.5. The number of amides is 2. The highest BCUT2D eigenvalue weighted by Gasteiger charge is 2.35. The molecule has 152 valence electrons. The van der Waals surface area contributed by atoms with E-state index in [4.69, 9.17) is 4.74 Å². The standard InChI is InChI=1S/C22H25N3O4/c1-14(26)24-11-16-9-17(13-24)20-8-7-19(22(28)25(20)12-16)23-21(27)10-15-3-5-18(29-2)6-4-15/h3-8,16-17H,9-13H2,1-2H3,(H,23,27). The van der Waals surface area contributed by atoms with Crippen molar-refractivity contribution in [3.63, 3.8) is 0 Å². The summed E-state index contributed by atoms with van der Waals surface area (Å²) in [5.41, 5.74) is 1.93. The van der Waals surface area contributed by atoms with Crippen molar-refractivity contribution in [3.05, 3.63) is 58.0 Å². The molecule has 0 spiro atoms. The van der Waals surface area contributed by atoms with E-state index in [1.807, 2.05) is 23.1 Å². The van der Waals surface area contributed by atoms with Crippen LogP contribution in [0, 0.1) is 5.92 Å². The molecule has 0 saturated carbocycles. The number of carbonyl (C=O) groups is 2. The first-order chi connectivity index (χ1) is 13.9. The molecule has 3 heterocycles. The molecule has 2 aromatic rings. The van der Waals surface area contributed by atoms with Crippen molar-refractivity contribution in [2.45, 2.75) is 32.2 Å². The fourth-order valence-corrected chi connectivity index (χ4v) is 4.42. The lowest BCUT2D eigenvalue weighted by Gasteiger charge is -2.42. The Kier molecular flexibility index (Phi) is 5.13. The number of methoxy groups -OCH3 is 1. The van der Waals surface area contributed by atoms with Gasteiger partial charge in [0.25, 0.3) is 5.56 Å². The molecule has 1 saturated heterocycles. The molecular weight excluding hydrogens is 370 g/mol. The van der Waals surface area contributed by atoms with Crippen LogP contribution < -0.4 is 15.6 Å². The van der Waals surface area contributed by atoms with Crippen molar-refractivity contribution < 1.29 is 14.3 Å². The van der Waals surface area contributed by atoms with Crippen LogP contribution in [0.1, 0.15) is 30.5 Å². The molecule has 2 atom stereocenters. The average Bonchev–Trinajstić information content (AvgIpc) is 2.71. The zero-order valence-electron chi connectivity index (χ0n) is 16.7. The smallest absolute Gasteiger partial charge is 0.274 e. The quantitative estimate of drug-likeness (QED) is 0.859. The zero-order valence-corrected chi connectivity index (χ0v) is 16.7. The predicted octanol–water partition coefficient (Wildman–Crippen LogP) is 2.00. The number of aromatic nitrogens is 1. The van der Waals surface area contributed by atoms with Crippen LogP contribution in [0.15, 0.2) is 41.2 Å². The van der Waals surface area contributed by atoms with E-state index in [9.17, 15) is 14.4 Å². The van der Waals surface area contributed by atoms with Crippen molar-refractivity contribution in [1.82, 2.24) is 9.47 Å². The van der Waals surface area contributed by atoms with E-state index in [2.05, 4.69) is 5.32 Å². The topological polar surface area (TPSA) is 80.6 Å². The molecular formula is C22H25N3O4. The van der Waals surface area contributed by atoms with Gasteiger partial charge in [-0.15, -0.1) is 0 Å². The number of hydrogen-bond acceptors (Lipinski definition) is 4. The van der Waals surface area contributed by atoms with E-state index in [1.165, 1.54) is 0 Å². The minimum atomic E-state index is -0.230. The van der Waals surface area contributed by atoms with Crippen LogP contribution in [0.3, 0.4) is 0 Å². The second-order valence-electron chi connectivity index (χ2n) is 7.88. The van der Waals surface area contributed by atoms with E-state index in [-0.39, 0.29) is 35.6 Å². The number of piperidine rings is 1. The number of hydrogen-bond donors (Lipinski definition) is 1. The number of pyridine rings is 1. The van der Waals surface area contributed by atoms with Gasteiger partial charge in [0.05, 0.1) is 13.5 Å². The lowest BCUT2D eigenvalue weighted by molar-refractivity contribution is -0.131. The third-order valence-corrected chi connectivity index (χ3v) is 5.85. The molecule has 1 N–H and O–H groups in total. The molecule has 2 unspecified atom stereocenters. The van der Waals surface area contributed by atoms with Gasteiger partial charge in [0.15, 0.2) is 0 Å². The minimum absolute atomic E-state index is 0.0814. The molecule has 29 heavy (non-hydrogen) atoms. The fourth-order valence-electron chi connectivity index (χ4n) is 4.42. The maximum absolute atomic E-state index is 13.0. The molecule has 7 heteroatoms. The number of ether oxygens (including phenoxy) is 1. The lowest BCUT2D eigenvalue weighted by Crippen LogP contribution is -2.48. The SMILES string of the molecule is COc1ccc(CC(=O)Nc2ccc3n(c2=O)CC2CC3CN(C(C)=O)C2)cc1. The van der Waals surface area contributed by atoms with Gasteiger partial charge in [0, 0.05) is 38.2 Å². The summed E-state index contributed by atoms with van der Waals surface area (Å²) in [4.78, 5) is 39.1. The Morgan fingerprint density at radius 1 is 1.10 bits per heavy atom. The fraction of sp³-hybridized carbons (Fsp3) is 0.409. The highest BCUT2D eigenvalue weighted by Crippen LogP contribution is 2.35. The van der Waals surface area contributed by atoms with Crippen molar-refractivity contribution in [2.75, 3.05) is 25.5 Å². The molecule has 0 radical (unpaired) electrons. The highest BCUT2D eigenvalue weighted by molar-refractivity contribution is 5.92. The molecule has 1 aromatic carbocycles. The first kappa shape index (κ1) is 19.2. The third-order valence-electron chi connectivity index (χ3n) is 5.85. The van der Waals surface area contributed by atoms with Gasteiger partial charge in [0.1, 0.15) is 11.4 Å². The van der Waals surface area contributed by atoms with E-state index in [1.54, 1.807) is 36.8 Å². The normalized spacial score (nSPS) is 20.0. The molecule has 1 fully saturated rings. The summed E-state index contributed by atoms with van der Waals surface area (Å²) in [5.74, 6) is 1.02. The maximum atomic E-state index is 13.0. The molecule has 2 amide bonds. The van der Waals surface area contributed by atoms with Crippen LogP contribution in [-0.2, 0) is 22.6 Å². The van der Waals surface area contributed by atoms with Gasteiger partial charge in [-0.3, -0.25) is 14.4 Å². The van der Waals surface area contributed by atoms with Crippen LogP contribution in [0.5, 0.6) is 5.75 Å². The second-order valence-corrected chi connectivity index (χ2v) is 7.88. The summed E-state index contributed by atoms with van der Waals surface area (Å²) in [6, 6.07) is 10.9. The summed E-state index contributed by atoms with van der Waals surface area (Å²) < 4.78 is 6.90. The summed E-state index contributed by atoms with van der Waals surface area (Å²) in [7, 11) is 1.59. The Bertz CT molecular complexity index is 996. The van der Waals surface area contributed by atoms with Crippen LogP contribution in [-0.4, -0.2) is 41.5 Å². The number of anilines is 1. The molecule has 2 aliphatic rings. The number of fused-ring (bicyclic) bond motifs is 4. The summed E-state index contributed by atoms with van der Waals surface area (Å²) >= 11 is 0. The van der Waals surface area contributed by atoms with Crippen molar-refractivity contribution in [2.24, 2.45) is 5.92 Å². The van der Waals surface area contributed by atoms with E-state index >= 15 is 0 Å². The summed E-state index contributed by atoms with van der Waals surface area (Å²) in [6.07, 6.45) is 1.18. The zero-order chi connectivity index (χ0) is 20.5. The molecule has 4 rings (SSSR count). The lowest BCUT2D eigenvalue weighted by atomic mass is 9.83. The molecule has 1 aromatic heterocycles. The largest absolute Gasteiger partial charge is 0.497 e. The van der Waals surface area contributed by atoms with Gasteiger partial charge in [-0.1, -0.05) is 12.1 Å². The van der Waals surface area contributed by atoms with Crippen molar-refractivity contribution >= 4 is 17.5 Å². The molecule has 0 aliphatic carbocycles. The number of benzene rings is 1. The van der Waals surface area contributed by atoms with Gasteiger partial charge < -0.3 is 19.5 Å². The Hall–Kier alpha value is -3.09. The summed E-state index contributed by atoms with van der Waals surface area (Å²) in [5, 5.41) is 2.76. The van der Waals surface area contributed by atoms with E-state index in [0.717, 1.165) is 23.4 Å². The van der Waals surface area contributed by atoms with Crippen molar-refractivity contribution in [1.29, 1.82) is 0 Å². The van der Waals surface area contributed by atoms with Crippen molar-refractivity contribution in [3.8, 4) is 5.75 Å². The molecule has 7 nitrogen and oxygen atoms in total. The third kappa shape index (κ3) is 3.90. The van der Waals surface area contributed by atoms with E-state index in [0.29, 0.717) is 25.3 Å². The average molecular weight is 395 g/mol. The Labute approximate surface area is 169 Å². The second kappa shape index (κ2) is 7.73. The van der Waals surface area contributed by atoms with Gasteiger partial charge in [0.2, 0.25) is 11.8 Å². The van der Waals surface area contributed by atoms with Crippen LogP contribution in [0.2, 0.25) is 0 Å². The first-order valence-electron chi connectivity index (χ1n) is 9.86. The maximum Gasteiger partial charge on any atom is 0.274 e. The van der Waals surface area contributed by atoms with Gasteiger partial charge in [-0.05, 0) is 42.2 Å². The van der Waals surface area contributed by atoms with Crippen LogP contribution in [0.4, 0.5) is 5.69 Å². The Morgan fingerprint density at radius 2 is 1.86 bits per heavy atom.